The molecule has 3 heteroatoms. The molecule has 0 spiro atoms. The second kappa shape index (κ2) is 7.70. The molecule has 0 aliphatic carbocycles. The highest BCUT2D eigenvalue weighted by atomic mass is 32.2. The summed E-state index contributed by atoms with van der Waals surface area (Å²) in [6.45, 7) is 6.66. The van der Waals surface area contributed by atoms with Crippen LogP contribution in [0.25, 0.3) is 0 Å². The van der Waals surface area contributed by atoms with Crippen LogP contribution in [0, 0.1) is 5.92 Å². The SMILES string of the molecule is COc1cc(CN(C)CCC(C)C)ccc1SC. The molecular formula is C15H25NOS. The summed E-state index contributed by atoms with van der Waals surface area (Å²) < 4.78 is 5.42. The second-order valence-electron chi connectivity index (χ2n) is 5.11. The van der Waals surface area contributed by atoms with Crippen LogP contribution in [0.1, 0.15) is 25.8 Å². The summed E-state index contributed by atoms with van der Waals surface area (Å²) in [5.41, 5.74) is 1.32. The maximum Gasteiger partial charge on any atom is 0.132 e. The molecular weight excluding hydrogens is 242 g/mol. The van der Waals surface area contributed by atoms with Crippen LogP contribution in [-0.4, -0.2) is 31.9 Å². The van der Waals surface area contributed by atoms with Gasteiger partial charge in [0.25, 0.3) is 0 Å². The Morgan fingerprint density at radius 3 is 2.61 bits per heavy atom. The molecule has 2 nitrogen and oxygen atoms in total. The summed E-state index contributed by atoms with van der Waals surface area (Å²) in [6.07, 6.45) is 3.32. The van der Waals surface area contributed by atoms with Gasteiger partial charge in [0.15, 0.2) is 0 Å². The molecule has 0 atom stereocenters. The number of ether oxygens (including phenoxy) is 1. The standard InChI is InChI=1S/C15H25NOS/c1-12(2)8-9-16(3)11-13-6-7-15(18-5)14(10-13)17-4/h6-7,10,12H,8-9,11H2,1-5H3. The number of hydrogen-bond acceptors (Lipinski definition) is 3. The van der Waals surface area contributed by atoms with Gasteiger partial charge in [-0.05, 0) is 49.9 Å². The molecule has 1 aromatic carbocycles. The molecule has 0 aromatic heterocycles. The first kappa shape index (κ1) is 15.4. The van der Waals surface area contributed by atoms with Crippen LogP contribution >= 0.6 is 11.8 Å². The van der Waals surface area contributed by atoms with E-state index in [-0.39, 0.29) is 0 Å². The van der Waals surface area contributed by atoms with Gasteiger partial charge in [-0.2, -0.15) is 0 Å². The van der Waals surface area contributed by atoms with Crippen LogP contribution in [-0.2, 0) is 6.54 Å². The fourth-order valence-electron chi connectivity index (χ4n) is 1.85. The lowest BCUT2D eigenvalue weighted by atomic mass is 10.1. The van der Waals surface area contributed by atoms with Crippen LogP contribution < -0.4 is 4.74 Å². The minimum atomic E-state index is 0.765. The average Bonchev–Trinajstić information content (AvgIpc) is 2.36. The van der Waals surface area contributed by atoms with Crippen LogP contribution in [0.5, 0.6) is 5.75 Å². The zero-order chi connectivity index (χ0) is 13.5. The minimum Gasteiger partial charge on any atom is -0.496 e. The van der Waals surface area contributed by atoms with Gasteiger partial charge < -0.3 is 9.64 Å². The van der Waals surface area contributed by atoms with E-state index in [9.17, 15) is 0 Å². The van der Waals surface area contributed by atoms with E-state index in [4.69, 9.17) is 4.74 Å². The van der Waals surface area contributed by atoms with Gasteiger partial charge in [0, 0.05) is 11.4 Å². The summed E-state index contributed by atoms with van der Waals surface area (Å²) >= 11 is 1.72. The van der Waals surface area contributed by atoms with Gasteiger partial charge in [-0.3, -0.25) is 0 Å². The highest BCUT2D eigenvalue weighted by Crippen LogP contribution is 2.28. The van der Waals surface area contributed by atoms with E-state index in [0.29, 0.717) is 0 Å². The monoisotopic (exact) mass is 267 g/mol. The summed E-state index contributed by atoms with van der Waals surface area (Å²) in [5, 5.41) is 0. The molecule has 0 heterocycles. The van der Waals surface area contributed by atoms with E-state index >= 15 is 0 Å². The Kier molecular flexibility index (Phi) is 6.58. The van der Waals surface area contributed by atoms with Gasteiger partial charge in [0.05, 0.1) is 7.11 Å². The van der Waals surface area contributed by atoms with Crippen LogP contribution in [0.3, 0.4) is 0 Å². The quantitative estimate of drug-likeness (QED) is 0.695. The molecule has 102 valence electrons. The third kappa shape index (κ3) is 4.91. The van der Waals surface area contributed by atoms with Gasteiger partial charge in [-0.1, -0.05) is 19.9 Å². The predicted octanol–water partition coefficient (Wildman–Crippen LogP) is 3.90. The Balaban J connectivity index is 2.61. The number of benzene rings is 1. The van der Waals surface area contributed by atoms with Gasteiger partial charge in [-0.25, -0.2) is 0 Å². The molecule has 0 aliphatic rings. The van der Waals surface area contributed by atoms with Crippen molar-refractivity contribution in [3.05, 3.63) is 23.8 Å². The molecule has 0 saturated carbocycles. The average molecular weight is 267 g/mol. The molecule has 0 bridgehead atoms. The Bertz CT molecular complexity index is 366. The smallest absolute Gasteiger partial charge is 0.132 e. The topological polar surface area (TPSA) is 12.5 Å². The molecule has 0 N–H and O–H groups in total. The molecule has 0 saturated heterocycles. The normalized spacial score (nSPS) is 11.3. The van der Waals surface area contributed by atoms with Crippen molar-refractivity contribution in [3.63, 3.8) is 0 Å². The Morgan fingerprint density at radius 1 is 1.33 bits per heavy atom. The Morgan fingerprint density at radius 2 is 2.06 bits per heavy atom. The Labute approximate surface area is 116 Å². The van der Waals surface area contributed by atoms with Crippen LogP contribution in [0.15, 0.2) is 23.1 Å². The lowest BCUT2D eigenvalue weighted by molar-refractivity contribution is 0.302. The molecule has 0 amide bonds. The fraction of sp³-hybridized carbons (Fsp3) is 0.600. The zero-order valence-corrected chi connectivity index (χ0v) is 13.0. The van der Waals surface area contributed by atoms with Gasteiger partial charge >= 0.3 is 0 Å². The van der Waals surface area contributed by atoms with Gasteiger partial charge in [0.2, 0.25) is 0 Å². The maximum atomic E-state index is 5.42. The summed E-state index contributed by atoms with van der Waals surface area (Å²) in [7, 11) is 3.92. The number of methoxy groups -OCH3 is 1. The summed E-state index contributed by atoms with van der Waals surface area (Å²) in [6, 6.07) is 6.49. The first-order chi connectivity index (χ1) is 8.56. The number of thioether (sulfide) groups is 1. The summed E-state index contributed by atoms with van der Waals surface area (Å²) in [5.74, 6) is 1.75. The van der Waals surface area contributed by atoms with E-state index in [1.165, 1.54) is 16.9 Å². The number of hydrogen-bond donors (Lipinski definition) is 0. The van der Waals surface area contributed by atoms with Crippen LogP contribution in [0.4, 0.5) is 0 Å². The highest BCUT2D eigenvalue weighted by Gasteiger charge is 2.06. The molecule has 0 radical (unpaired) electrons. The van der Waals surface area contributed by atoms with Gasteiger partial charge in [-0.15, -0.1) is 11.8 Å². The molecule has 18 heavy (non-hydrogen) atoms. The van der Waals surface area contributed by atoms with Crippen molar-refractivity contribution in [1.29, 1.82) is 0 Å². The molecule has 0 aliphatic heterocycles. The molecule has 1 rings (SSSR count). The third-order valence-corrected chi connectivity index (χ3v) is 3.77. The lowest BCUT2D eigenvalue weighted by Crippen LogP contribution is -2.20. The molecule has 1 aromatic rings. The van der Waals surface area contributed by atoms with E-state index in [1.54, 1.807) is 18.9 Å². The van der Waals surface area contributed by atoms with Crippen molar-refractivity contribution in [1.82, 2.24) is 4.90 Å². The van der Waals surface area contributed by atoms with Crippen molar-refractivity contribution < 1.29 is 4.74 Å². The van der Waals surface area contributed by atoms with E-state index in [0.717, 1.165) is 24.8 Å². The zero-order valence-electron chi connectivity index (χ0n) is 12.2. The third-order valence-electron chi connectivity index (χ3n) is 2.99. The first-order valence-electron chi connectivity index (χ1n) is 6.46. The van der Waals surface area contributed by atoms with Crippen molar-refractivity contribution in [2.45, 2.75) is 31.7 Å². The number of rotatable bonds is 7. The maximum absolute atomic E-state index is 5.42. The van der Waals surface area contributed by atoms with E-state index in [1.807, 2.05) is 0 Å². The molecule has 0 fully saturated rings. The van der Waals surface area contributed by atoms with Crippen molar-refractivity contribution in [3.8, 4) is 5.75 Å². The van der Waals surface area contributed by atoms with Gasteiger partial charge in [0.1, 0.15) is 5.75 Å². The summed E-state index contributed by atoms with van der Waals surface area (Å²) in [4.78, 5) is 3.57. The highest BCUT2D eigenvalue weighted by molar-refractivity contribution is 7.98. The van der Waals surface area contributed by atoms with Crippen molar-refractivity contribution in [2.75, 3.05) is 27.0 Å². The van der Waals surface area contributed by atoms with Crippen LogP contribution in [0.2, 0.25) is 0 Å². The fourth-order valence-corrected chi connectivity index (χ4v) is 2.40. The number of nitrogens with zero attached hydrogens (tertiary/aromatic N) is 1. The van der Waals surface area contributed by atoms with E-state index < -0.39 is 0 Å². The largest absolute Gasteiger partial charge is 0.496 e. The molecule has 0 unspecified atom stereocenters. The van der Waals surface area contributed by atoms with Crippen molar-refractivity contribution in [2.24, 2.45) is 5.92 Å². The van der Waals surface area contributed by atoms with E-state index in [2.05, 4.69) is 50.2 Å². The van der Waals surface area contributed by atoms with Crippen molar-refractivity contribution >= 4 is 11.8 Å². The Hall–Kier alpha value is -0.670. The predicted molar refractivity (Wildman–Crippen MR) is 80.6 cm³/mol. The first-order valence-corrected chi connectivity index (χ1v) is 7.68. The minimum absolute atomic E-state index is 0.765. The lowest BCUT2D eigenvalue weighted by Gasteiger charge is -2.18. The second-order valence-corrected chi connectivity index (χ2v) is 5.96.